The summed E-state index contributed by atoms with van der Waals surface area (Å²) in [5.41, 5.74) is 0.0627. The van der Waals surface area contributed by atoms with Gasteiger partial charge in [0.05, 0.1) is 10.8 Å². The van der Waals surface area contributed by atoms with E-state index in [1.165, 1.54) is 0 Å². The van der Waals surface area contributed by atoms with Gasteiger partial charge in [-0.05, 0) is 35.2 Å². The molecule has 0 unspecified atom stereocenters. The summed E-state index contributed by atoms with van der Waals surface area (Å²) in [5.74, 6) is -1.97. The zero-order valence-electron chi connectivity index (χ0n) is 14.9. The molecule has 142 valence electrons. The summed E-state index contributed by atoms with van der Waals surface area (Å²) in [6, 6.07) is 12.2. The number of rotatable bonds is 4. The lowest BCUT2D eigenvalue weighted by Gasteiger charge is -2.22. The molecular weight excluding hydrogens is 350 g/mol. The van der Waals surface area contributed by atoms with Crippen molar-refractivity contribution in [1.29, 1.82) is 0 Å². The van der Waals surface area contributed by atoms with Crippen molar-refractivity contribution in [1.82, 2.24) is 4.90 Å². The van der Waals surface area contributed by atoms with Gasteiger partial charge in [0.15, 0.2) is 0 Å². The minimum Gasteiger partial charge on any atom is -0.483 e. The maximum Gasteiger partial charge on any atom is 0.312 e. The van der Waals surface area contributed by atoms with E-state index in [-0.39, 0.29) is 12.9 Å². The van der Waals surface area contributed by atoms with Gasteiger partial charge in [-0.2, -0.15) is 0 Å². The molecule has 2 aromatic rings. The van der Waals surface area contributed by atoms with Crippen LogP contribution in [0.5, 0.6) is 0 Å². The molecule has 2 fully saturated rings. The number of hydrogen-bond acceptors (Lipinski definition) is 4. The summed E-state index contributed by atoms with van der Waals surface area (Å²) >= 11 is 0. The predicted molar refractivity (Wildman–Crippen MR) is 97.4 cm³/mol. The lowest BCUT2D eigenvalue weighted by molar-refractivity contribution is -0.151. The summed E-state index contributed by atoms with van der Waals surface area (Å²) in [5, 5.41) is 28.3. The molecule has 1 saturated heterocycles. The lowest BCUT2D eigenvalue weighted by Crippen LogP contribution is -2.28. The number of nitrogens with zero attached hydrogens (tertiary/aromatic N) is 1. The van der Waals surface area contributed by atoms with E-state index >= 15 is 0 Å². The van der Waals surface area contributed by atoms with Crippen LogP contribution in [0, 0.1) is 17.8 Å². The fourth-order valence-corrected chi connectivity index (χ4v) is 4.39. The predicted octanol–water partition coefficient (Wildman–Crippen LogP) is 2.21. The molecule has 7 heteroatoms. The third-order valence-corrected chi connectivity index (χ3v) is 5.86. The summed E-state index contributed by atoms with van der Waals surface area (Å²) < 4.78 is 0. The average molecular weight is 371 g/mol. The summed E-state index contributed by atoms with van der Waals surface area (Å²) in [6.07, 6.45) is 0.246. The lowest BCUT2D eigenvalue weighted by atomic mass is 9.97. The fourth-order valence-electron chi connectivity index (χ4n) is 4.39. The number of aliphatic carboxylic acids is 2. The highest BCUT2D eigenvalue weighted by atomic mass is 16.4. The Kier molecular flexibility index (Phi) is 4.65. The van der Waals surface area contributed by atoms with Crippen molar-refractivity contribution in [2.75, 3.05) is 13.1 Å². The van der Waals surface area contributed by atoms with Crippen LogP contribution in [0.4, 0.5) is 0 Å². The minimum absolute atomic E-state index is 0.246. The van der Waals surface area contributed by atoms with Crippen LogP contribution in [0.15, 0.2) is 36.4 Å². The number of benzene rings is 2. The third-order valence-electron chi connectivity index (χ3n) is 5.86. The molecular formula is C20H21NO6. The Balaban J connectivity index is 0.000000659. The molecule has 2 aromatic carbocycles. The highest BCUT2D eigenvalue weighted by molar-refractivity contribution is 5.94. The number of likely N-dealkylation sites (tertiary alicyclic amines) is 1. The molecule has 0 bridgehead atoms. The second-order valence-corrected chi connectivity index (χ2v) is 7.28. The van der Waals surface area contributed by atoms with Crippen molar-refractivity contribution in [3.63, 3.8) is 0 Å². The number of piperidine rings is 1. The molecule has 1 saturated carbocycles. The van der Waals surface area contributed by atoms with Gasteiger partial charge in [0, 0.05) is 19.6 Å². The first kappa shape index (κ1) is 18.8. The molecule has 2 aliphatic rings. The van der Waals surface area contributed by atoms with Gasteiger partial charge in [0.25, 0.3) is 6.47 Å². The molecule has 27 heavy (non-hydrogen) atoms. The van der Waals surface area contributed by atoms with Gasteiger partial charge in [-0.1, -0.05) is 36.4 Å². The minimum atomic E-state index is -1.11. The Bertz CT molecular complexity index is 898. The summed E-state index contributed by atoms with van der Waals surface area (Å²) in [4.78, 5) is 33.7. The van der Waals surface area contributed by atoms with Gasteiger partial charge < -0.3 is 15.3 Å². The smallest absolute Gasteiger partial charge is 0.312 e. The van der Waals surface area contributed by atoms with Crippen LogP contribution >= 0.6 is 0 Å². The second kappa shape index (κ2) is 6.66. The van der Waals surface area contributed by atoms with Crippen LogP contribution in [-0.2, 0) is 20.9 Å². The van der Waals surface area contributed by atoms with Gasteiger partial charge in [-0.15, -0.1) is 0 Å². The maximum atomic E-state index is 11.7. The maximum absolute atomic E-state index is 11.7. The van der Waals surface area contributed by atoms with E-state index in [1.807, 2.05) is 24.0 Å². The number of aryl methyl sites for hydroxylation is 1. The Morgan fingerprint density at radius 3 is 2.19 bits per heavy atom. The quantitative estimate of drug-likeness (QED) is 0.706. The van der Waals surface area contributed by atoms with Gasteiger partial charge in [0.2, 0.25) is 0 Å². The normalized spacial score (nSPS) is 26.0. The standard InChI is InChI=1S/C19H19NO4.CH2O2/c1-12-6-7-13-4-2-3-5-14(13)15(12)8-20-10-18(16(21)22)9-19(18,11-20)17(23)24;2-1-3/h2-7H,8-11H2,1H3,(H,21,22)(H,23,24);1H,(H,2,3)/t18-,19+;. The molecule has 1 aliphatic heterocycles. The molecule has 2 atom stereocenters. The monoisotopic (exact) mass is 371 g/mol. The molecule has 0 radical (unpaired) electrons. The van der Waals surface area contributed by atoms with Crippen molar-refractivity contribution in [2.24, 2.45) is 10.8 Å². The molecule has 7 nitrogen and oxygen atoms in total. The number of carboxylic acids is 2. The van der Waals surface area contributed by atoms with Crippen molar-refractivity contribution in [3.8, 4) is 0 Å². The van der Waals surface area contributed by atoms with Gasteiger partial charge in [-0.3, -0.25) is 19.3 Å². The van der Waals surface area contributed by atoms with E-state index in [1.54, 1.807) is 0 Å². The van der Waals surface area contributed by atoms with Crippen LogP contribution in [0.2, 0.25) is 0 Å². The SMILES string of the molecule is Cc1ccc2ccccc2c1CN1C[C@@]2(C(=O)O)C[C@@]2(C(=O)O)C1.O=CO. The molecule has 4 rings (SSSR count). The molecule has 1 heterocycles. The van der Waals surface area contributed by atoms with Gasteiger partial charge in [-0.25, -0.2) is 0 Å². The van der Waals surface area contributed by atoms with E-state index in [2.05, 4.69) is 24.3 Å². The van der Waals surface area contributed by atoms with E-state index in [0.717, 1.165) is 21.9 Å². The van der Waals surface area contributed by atoms with Crippen LogP contribution < -0.4 is 0 Å². The third kappa shape index (κ3) is 2.84. The highest BCUT2D eigenvalue weighted by Gasteiger charge is 2.80. The van der Waals surface area contributed by atoms with Crippen LogP contribution in [0.1, 0.15) is 17.5 Å². The molecule has 0 aromatic heterocycles. The first-order valence-corrected chi connectivity index (χ1v) is 8.55. The van der Waals surface area contributed by atoms with Gasteiger partial charge in [0.1, 0.15) is 0 Å². The van der Waals surface area contributed by atoms with Crippen LogP contribution in [0.3, 0.4) is 0 Å². The average Bonchev–Trinajstić information content (AvgIpc) is 3.17. The zero-order valence-corrected chi connectivity index (χ0v) is 14.9. The highest BCUT2D eigenvalue weighted by Crippen LogP contribution is 2.68. The van der Waals surface area contributed by atoms with E-state index < -0.39 is 22.8 Å². The number of fused-ring (bicyclic) bond motifs is 2. The van der Waals surface area contributed by atoms with Crippen LogP contribution in [-0.4, -0.2) is 51.7 Å². The summed E-state index contributed by atoms with van der Waals surface area (Å²) in [6.45, 7) is 2.98. The van der Waals surface area contributed by atoms with E-state index in [4.69, 9.17) is 9.90 Å². The number of carboxylic acid groups (broad SMARTS) is 3. The van der Waals surface area contributed by atoms with E-state index in [0.29, 0.717) is 19.6 Å². The molecule has 0 spiro atoms. The topological polar surface area (TPSA) is 115 Å². The fraction of sp³-hybridized carbons (Fsp3) is 0.350. The van der Waals surface area contributed by atoms with E-state index in [9.17, 15) is 19.8 Å². The van der Waals surface area contributed by atoms with Crippen molar-refractivity contribution in [2.45, 2.75) is 19.9 Å². The zero-order chi connectivity index (χ0) is 19.8. The summed E-state index contributed by atoms with van der Waals surface area (Å²) in [7, 11) is 0. The largest absolute Gasteiger partial charge is 0.483 e. The first-order chi connectivity index (χ1) is 12.8. The van der Waals surface area contributed by atoms with Crippen molar-refractivity contribution in [3.05, 3.63) is 47.5 Å². The van der Waals surface area contributed by atoms with Gasteiger partial charge >= 0.3 is 11.9 Å². The molecule has 1 aliphatic carbocycles. The Labute approximate surface area is 155 Å². The van der Waals surface area contributed by atoms with Crippen molar-refractivity contribution >= 4 is 29.2 Å². The van der Waals surface area contributed by atoms with Crippen LogP contribution in [0.25, 0.3) is 10.8 Å². The Morgan fingerprint density at radius 1 is 1.07 bits per heavy atom. The Morgan fingerprint density at radius 2 is 1.63 bits per heavy atom. The molecule has 3 N–H and O–H groups in total. The van der Waals surface area contributed by atoms with Crippen molar-refractivity contribution < 1.29 is 29.7 Å². The first-order valence-electron chi connectivity index (χ1n) is 8.55. The molecule has 0 amide bonds. The second-order valence-electron chi connectivity index (χ2n) is 7.28. The number of hydrogen-bond donors (Lipinski definition) is 3. The number of carbonyl (C=O) groups is 3. The Hall–Kier alpha value is -2.93.